The molecule has 6 nitrogen and oxygen atoms in total. The van der Waals surface area contributed by atoms with Crippen molar-refractivity contribution in [1.29, 1.82) is 0 Å². The highest BCUT2D eigenvalue weighted by Gasteiger charge is 2.31. The molecule has 2 amide bonds. The smallest absolute Gasteiger partial charge is 0.407 e. The van der Waals surface area contributed by atoms with Gasteiger partial charge in [-0.3, -0.25) is 0 Å². The second-order valence-electron chi connectivity index (χ2n) is 5.21. The summed E-state index contributed by atoms with van der Waals surface area (Å²) in [6.07, 6.45) is 2.03. The van der Waals surface area contributed by atoms with Gasteiger partial charge in [0.1, 0.15) is 0 Å². The SMILES string of the molecule is O=C(O)N1CCC(C2CCN(C(=O)O)CC2)CC1. The maximum Gasteiger partial charge on any atom is 0.407 e. The maximum absolute atomic E-state index is 10.8. The van der Waals surface area contributed by atoms with Gasteiger partial charge in [-0.05, 0) is 37.5 Å². The molecule has 102 valence electrons. The molecule has 0 aliphatic carbocycles. The molecule has 0 atom stereocenters. The highest BCUT2D eigenvalue weighted by molar-refractivity contribution is 5.65. The van der Waals surface area contributed by atoms with Crippen molar-refractivity contribution in [2.45, 2.75) is 25.7 Å². The molecule has 0 spiro atoms. The lowest BCUT2D eigenvalue weighted by atomic mass is 9.79. The third-order valence-electron chi connectivity index (χ3n) is 4.29. The molecule has 18 heavy (non-hydrogen) atoms. The Balaban J connectivity index is 1.78. The number of carbonyl (C=O) groups is 2. The number of hydrogen-bond donors (Lipinski definition) is 2. The van der Waals surface area contributed by atoms with Crippen LogP contribution in [0.25, 0.3) is 0 Å². The Morgan fingerprint density at radius 2 is 1.00 bits per heavy atom. The first-order valence-corrected chi connectivity index (χ1v) is 6.53. The minimum absolute atomic E-state index is 0.566. The fourth-order valence-electron chi connectivity index (χ4n) is 3.12. The summed E-state index contributed by atoms with van der Waals surface area (Å²) >= 11 is 0. The topological polar surface area (TPSA) is 81.1 Å². The molecule has 2 aliphatic rings. The van der Waals surface area contributed by atoms with Crippen LogP contribution in [-0.2, 0) is 0 Å². The van der Waals surface area contributed by atoms with Crippen molar-refractivity contribution in [2.75, 3.05) is 26.2 Å². The molecule has 0 aromatic carbocycles. The van der Waals surface area contributed by atoms with Crippen molar-refractivity contribution < 1.29 is 19.8 Å². The van der Waals surface area contributed by atoms with E-state index in [0.717, 1.165) is 25.7 Å². The predicted octanol–water partition coefficient (Wildman–Crippen LogP) is 1.77. The van der Waals surface area contributed by atoms with Crippen molar-refractivity contribution >= 4 is 12.2 Å². The lowest BCUT2D eigenvalue weighted by Gasteiger charge is -2.38. The van der Waals surface area contributed by atoms with Crippen LogP contribution in [-0.4, -0.2) is 58.4 Å². The van der Waals surface area contributed by atoms with Crippen molar-refractivity contribution in [1.82, 2.24) is 9.80 Å². The molecule has 0 aromatic heterocycles. The lowest BCUT2D eigenvalue weighted by molar-refractivity contribution is 0.0828. The van der Waals surface area contributed by atoms with Gasteiger partial charge in [0, 0.05) is 26.2 Å². The van der Waals surface area contributed by atoms with Crippen LogP contribution in [0, 0.1) is 11.8 Å². The van der Waals surface area contributed by atoms with Crippen molar-refractivity contribution in [3.63, 3.8) is 0 Å². The molecule has 0 aromatic rings. The van der Waals surface area contributed by atoms with Gasteiger partial charge in [-0.25, -0.2) is 9.59 Å². The molecule has 2 saturated heterocycles. The molecule has 2 heterocycles. The van der Waals surface area contributed by atoms with Gasteiger partial charge in [0.25, 0.3) is 0 Å². The summed E-state index contributed by atoms with van der Waals surface area (Å²) in [4.78, 5) is 24.6. The van der Waals surface area contributed by atoms with E-state index in [1.807, 2.05) is 0 Å². The third-order valence-corrected chi connectivity index (χ3v) is 4.29. The van der Waals surface area contributed by atoms with Gasteiger partial charge in [0.05, 0.1) is 0 Å². The number of piperidine rings is 2. The quantitative estimate of drug-likeness (QED) is 0.749. The van der Waals surface area contributed by atoms with Crippen molar-refractivity contribution in [3.8, 4) is 0 Å². The summed E-state index contributed by atoms with van der Waals surface area (Å²) in [6, 6.07) is 0. The molecule has 2 fully saturated rings. The van der Waals surface area contributed by atoms with Gasteiger partial charge in [-0.2, -0.15) is 0 Å². The van der Waals surface area contributed by atoms with E-state index in [4.69, 9.17) is 10.2 Å². The van der Waals surface area contributed by atoms with Crippen LogP contribution in [0.4, 0.5) is 9.59 Å². The first kappa shape index (κ1) is 13.0. The van der Waals surface area contributed by atoms with Gasteiger partial charge in [0.15, 0.2) is 0 Å². The van der Waals surface area contributed by atoms with E-state index >= 15 is 0 Å². The Morgan fingerprint density at radius 1 is 0.722 bits per heavy atom. The first-order chi connectivity index (χ1) is 8.58. The van der Waals surface area contributed by atoms with Crippen LogP contribution in [0.3, 0.4) is 0 Å². The van der Waals surface area contributed by atoms with Gasteiger partial charge < -0.3 is 20.0 Å². The second-order valence-corrected chi connectivity index (χ2v) is 5.21. The number of amides is 2. The molecular formula is C12H20N2O4. The van der Waals surface area contributed by atoms with Crippen molar-refractivity contribution in [2.24, 2.45) is 11.8 Å². The van der Waals surface area contributed by atoms with Gasteiger partial charge in [-0.1, -0.05) is 0 Å². The average Bonchev–Trinajstić information content (AvgIpc) is 2.39. The summed E-state index contributed by atoms with van der Waals surface area (Å²) in [5.41, 5.74) is 0. The Morgan fingerprint density at radius 3 is 1.22 bits per heavy atom. The Kier molecular flexibility index (Phi) is 3.93. The van der Waals surface area contributed by atoms with Gasteiger partial charge >= 0.3 is 12.2 Å². The fourth-order valence-corrected chi connectivity index (χ4v) is 3.12. The summed E-state index contributed by atoms with van der Waals surface area (Å²) in [5.74, 6) is 1.13. The number of carboxylic acid groups (broad SMARTS) is 2. The minimum Gasteiger partial charge on any atom is -0.465 e. The summed E-state index contributed by atoms with van der Waals surface area (Å²) < 4.78 is 0. The van der Waals surface area contributed by atoms with Crippen molar-refractivity contribution in [3.05, 3.63) is 0 Å². The third kappa shape index (κ3) is 2.86. The normalized spacial score (nSPS) is 23.1. The van der Waals surface area contributed by atoms with E-state index in [-0.39, 0.29) is 0 Å². The average molecular weight is 256 g/mol. The Bertz CT molecular complexity index is 286. The monoisotopic (exact) mass is 256 g/mol. The van der Waals surface area contributed by atoms with E-state index in [1.165, 1.54) is 9.80 Å². The van der Waals surface area contributed by atoms with E-state index in [2.05, 4.69) is 0 Å². The second kappa shape index (κ2) is 5.46. The summed E-state index contributed by atoms with van der Waals surface area (Å²) in [6.45, 7) is 2.50. The molecule has 2 aliphatic heterocycles. The molecule has 0 bridgehead atoms. The zero-order chi connectivity index (χ0) is 13.1. The number of hydrogen-bond acceptors (Lipinski definition) is 2. The van der Waals surface area contributed by atoms with E-state index in [9.17, 15) is 9.59 Å². The van der Waals surface area contributed by atoms with E-state index in [1.54, 1.807) is 0 Å². The zero-order valence-corrected chi connectivity index (χ0v) is 10.4. The molecule has 0 saturated carbocycles. The molecule has 2 N–H and O–H groups in total. The van der Waals surface area contributed by atoms with Gasteiger partial charge in [-0.15, -0.1) is 0 Å². The summed E-state index contributed by atoms with van der Waals surface area (Å²) in [7, 11) is 0. The number of likely N-dealkylation sites (tertiary alicyclic amines) is 2. The first-order valence-electron chi connectivity index (χ1n) is 6.53. The lowest BCUT2D eigenvalue weighted by Crippen LogP contribution is -2.43. The Labute approximate surface area is 106 Å². The standard InChI is InChI=1S/C12H20N2O4/c15-11(16)13-5-1-9(2-6-13)10-3-7-14(8-4-10)12(17)18/h9-10H,1-8H2,(H,15,16)(H,17,18). The molecule has 0 unspecified atom stereocenters. The predicted molar refractivity (Wildman–Crippen MR) is 64.6 cm³/mol. The highest BCUT2D eigenvalue weighted by Crippen LogP contribution is 2.32. The highest BCUT2D eigenvalue weighted by atomic mass is 16.4. The van der Waals surface area contributed by atoms with E-state index in [0.29, 0.717) is 38.0 Å². The molecular weight excluding hydrogens is 236 g/mol. The summed E-state index contributed by atoms with van der Waals surface area (Å²) in [5, 5.41) is 17.8. The molecule has 6 heteroatoms. The van der Waals surface area contributed by atoms with Crippen LogP contribution >= 0.6 is 0 Å². The number of rotatable bonds is 1. The maximum atomic E-state index is 10.8. The number of nitrogens with zero attached hydrogens (tertiary/aromatic N) is 2. The van der Waals surface area contributed by atoms with E-state index < -0.39 is 12.2 Å². The van der Waals surface area contributed by atoms with Crippen LogP contribution in [0.5, 0.6) is 0 Å². The zero-order valence-electron chi connectivity index (χ0n) is 10.4. The minimum atomic E-state index is -0.825. The Hall–Kier alpha value is -1.46. The van der Waals surface area contributed by atoms with Crippen LogP contribution in [0.15, 0.2) is 0 Å². The van der Waals surface area contributed by atoms with Crippen LogP contribution < -0.4 is 0 Å². The fraction of sp³-hybridized carbons (Fsp3) is 0.833. The largest absolute Gasteiger partial charge is 0.465 e. The van der Waals surface area contributed by atoms with Gasteiger partial charge in [0.2, 0.25) is 0 Å². The molecule has 2 rings (SSSR count). The van der Waals surface area contributed by atoms with Crippen LogP contribution in [0.2, 0.25) is 0 Å². The molecule has 0 radical (unpaired) electrons. The van der Waals surface area contributed by atoms with Crippen LogP contribution in [0.1, 0.15) is 25.7 Å².